The highest BCUT2D eigenvalue weighted by molar-refractivity contribution is 8.02. The molecule has 3 rings (SSSR count). The highest BCUT2D eigenvalue weighted by Gasteiger charge is 2.08. The van der Waals surface area contributed by atoms with Gasteiger partial charge in [0.05, 0.1) is 22.4 Å². The predicted octanol–water partition coefficient (Wildman–Crippen LogP) is 4.85. The predicted molar refractivity (Wildman–Crippen MR) is 90.7 cm³/mol. The third kappa shape index (κ3) is 3.50. The van der Waals surface area contributed by atoms with Gasteiger partial charge in [-0.2, -0.15) is 0 Å². The number of thiophene rings is 1. The summed E-state index contributed by atoms with van der Waals surface area (Å²) in [6.45, 7) is 0.851. The lowest BCUT2D eigenvalue weighted by Gasteiger charge is -2.12. The second kappa shape index (κ2) is 6.85. The van der Waals surface area contributed by atoms with Crippen molar-refractivity contribution in [2.75, 3.05) is 11.8 Å². The van der Waals surface area contributed by atoms with E-state index in [4.69, 9.17) is 4.42 Å². The number of hydrogen-bond donors (Lipinski definition) is 2. The molecule has 1 aromatic carbocycles. The van der Waals surface area contributed by atoms with Gasteiger partial charge < -0.3 is 14.5 Å². The fourth-order valence-electron chi connectivity index (χ4n) is 2.09. The van der Waals surface area contributed by atoms with Crippen molar-refractivity contribution in [2.24, 2.45) is 0 Å². The minimum Gasteiger partial charge on any atom is -0.472 e. The van der Waals surface area contributed by atoms with E-state index in [1.165, 1.54) is 9.77 Å². The van der Waals surface area contributed by atoms with Gasteiger partial charge >= 0.3 is 0 Å². The number of rotatable bonds is 6. The minimum absolute atomic E-state index is 0.851. The van der Waals surface area contributed by atoms with Gasteiger partial charge in [-0.25, -0.2) is 0 Å². The van der Waals surface area contributed by atoms with E-state index in [9.17, 15) is 0 Å². The Bertz CT molecular complexity index is 678. The first-order chi connectivity index (χ1) is 10.4. The number of furan rings is 1. The molecule has 0 aliphatic heterocycles. The summed E-state index contributed by atoms with van der Waals surface area (Å²) in [6, 6.07) is 12.6. The molecule has 0 bridgehead atoms. The van der Waals surface area contributed by atoms with Gasteiger partial charge in [-0.05, 0) is 48.1 Å². The van der Waals surface area contributed by atoms with E-state index in [0.717, 1.165) is 23.4 Å². The summed E-state index contributed by atoms with van der Waals surface area (Å²) in [4.78, 5) is 0. The summed E-state index contributed by atoms with van der Waals surface area (Å²) in [7, 11) is 1.96. The van der Waals surface area contributed by atoms with Crippen LogP contribution in [-0.4, -0.2) is 7.05 Å². The van der Waals surface area contributed by atoms with Crippen LogP contribution in [0.2, 0.25) is 0 Å². The fourth-order valence-corrected chi connectivity index (χ4v) is 3.54. The smallest absolute Gasteiger partial charge is 0.0981 e. The van der Waals surface area contributed by atoms with Gasteiger partial charge in [0, 0.05) is 17.7 Å². The van der Waals surface area contributed by atoms with Crippen LogP contribution in [0.15, 0.2) is 62.9 Å². The quantitative estimate of drug-likeness (QED) is 0.638. The molecule has 0 saturated carbocycles. The maximum atomic E-state index is 5.21. The van der Waals surface area contributed by atoms with Crippen molar-refractivity contribution in [2.45, 2.75) is 10.8 Å². The van der Waals surface area contributed by atoms with Gasteiger partial charge in [0.2, 0.25) is 0 Å². The number of hydrogen-bond acceptors (Lipinski definition) is 5. The molecule has 0 amide bonds. The molecule has 2 heterocycles. The molecule has 0 fully saturated rings. The van der Waals surface area contributed by atoms with Crippen LogP contribution in [0.5, 0.6) is 0 Å². The first-order valence-corrected chi connectivity index (χ1v) is 8.33. The summed E-state index contributed by atoms with van der Waals surface area (Å²) < 4.78 is 9.91. The zero-order valence-corrected chi connectivity index (χ0v) is 13.3. The lowest BCUT2D eigenvalue weighted by molar-refractivity contribution is 0.568. The van der Waals surface area contributed by atoms with Crippen LogP contribution in [0.25, 0.3) is 11.1 Å². The van der Waals surface area contributed by atoms with Crippen molar-refractivity contribution in [1.82, 2.24) is 5.32 Å². The Morgan fingerprint density at radius 2 is 2.19 bits per heavy atom. The Kier molecular flexibility index (Phi) is 4.65. The maximum absolute atomic E-state index is 5.21. The average molecular weight is 316 g/mol. The Labute approximate surface area is 132 Å². The van der Waals surface area contributed by atoms with E-state index >= 15 is 0 Å². The van der Waals surface area contributed by atoms with E-state index < -0.39 is 0 Å². The number of benzene rings is 1. The van der Waals surface area contributed by atoms with E-state index in [2.05, 4.69) is 45.8 Å². The summed E-state index contributed by atoms with van der Waals surface area (Å²) >= 11 is 3.37. The third-order valence-corrected chi connectivity index (χ3v) is 4.91. The van der Waals surface area contributed by atoms with Crippen molar-refractivity contribution < 1.29 is 4.42 Å². The normalized spacial score (nSPS) is 10.7. The molecule has 0 atom stereocenters. The number of anilines is 1. The second-order valence-electron chi connectivity index (χ2n) is 4.56. The van der Waals surface area contributed by atoms with Crippen LogP contribution in [0.4, 0.5) is 5.69 Å². The zero-order valence-electron chi connectivity index (χ0n) is 11.6. The van der Waals surface area contributed by atoms with Crippen LogP contribution in [0.1, 0.15) is 5.56 Å². The summed E-state index contributed by atoms with van der Waals surface area (Å²) in [5.74, 6) is 0. The molecule has 0 radical (unpaired) electrons. The molecule has 0 spiro atoms. The SMILES string of the molecule is CNCc1ccc(-c2ccoc2)c(NSc2cccs2)c1. The molecule has 0 saturated heterocycles. The first-order valence-electron chi connectivity index (χ1n) is 6.63. The van der Waals surface area contributed by atoms with Crippen LogP contribution < -0.4 is 10.0 Å². The van der Waals surface area contributed by atoms with Crippen molar-refractivity contribution >= 4 is 29.0 Å². The zero-order chi connectivity index (χ0) is 14.5. The molecule has 5 heteroatoms. The lowest BCUT2D eigenvalue weighted by atomic mass is 10.0. The summed E-state index contributed by atoms with van der Waals surface area (Å²) in [6.07, 6.45) is 3.47. The summed E-state index contributed by atoms with van der Waals surface area (Å²) in [5, 5.41) is 5.27. The van der Waals surface area contributed by atoms with E-state index in [1.807, 2.05) is 13.1 Å². The lowest BCUT2D eigenvalue weighted by Crippen LogP contribution is -2.05. The molecule has 0 aliphatic rings. The van der Waals surface area contributed by atoms with Crippen LogP contribution in [0.3, 0.4) is 0 Å². The molecule has 108 valence electrons. The molecular weight excluding hydrogens is 300 g/mol. The van der Waals surface area contributed by atoms with Crippen LogP contribution in [0, 0.1) is 0 Å². The highest BCUT2D eigenvalue weighted by atomic mass is 32.2. The molecular formula is C16H16N2OS2. The molecule has 2 aromatic heterocycles. The van der Waals surface area contributed by atoms with Gasteiger partial charge in [-0.15, -0.1) is 11.3 Å². The Balaban J connectivity index is 1.88. The maximum Gasteiger partial charge on any atom is 0.0981 e. The minimum atomic E-state index is 0.851. The molecule has 0 unspecified atom stereocenters. The van der Waals surface area contributed by atoms with E-state index in [0.29, 0.717) is 0 Å². The van der Waals surface area contributed by atoms with Gasteiger partial charge in [0.1, 0.15) is 0 Å². The van der Waals surface area contributed by atoms with Crippen molar-refractivity contribution in [3.8, 4) is 11.1 Å². The van der Waals surface area contributed by atoms with Gasteiger partial charge in [0.25, 0.3) is 0 Å². The largest absolute Gasteiger partial charge is 0.472 e. The number of nitrogens with one attached hydrogen (secondary N) is 2. The standard InChI is InChI=1S/C16H16N2OS2/c1-17-10-12-4-5-14(13-6-7-19-11-13)15(9-12)18-21-16-3-2-8-20-16/h2-9,11,17-18H,10H2,1H3. The second-order valence-corrected chi connectivity index (χ2v) is 6.61. The average Bonchev–Trinajstić information content (AvgIpc) is 3.19. The van der Waals surface area contributed by atoms with Crippen molar-refractivity contribution in [3.63, 3.8) is 0 Å². The fraction of sp³-hybridized carbons (Fsp3) is 0.125. The topological polar surface area (TPSA) is 37.2 Å². The third-order valence-electron chi connectivity index (χ3n) is 3.05. The van der Waals surface area contributed by atoms with E-state index in [1.54, 1.807) is 35.8 Å². The highest BCUT2D eigenvalue weighted by Crippen LogP contribution is 2.33. The molecule has 2 N–H and O–H groups in total. The van der Waals surface area contributed by atoms with Crippen molar-refractivity contribution in [1.29, 1.82) is 0 Å². The van der Waals surface area contributed by atoms with Gasteiger partial charge in [-0.3, -0.25) is 0 Å². The summed E-state index contributed by atoms with van der Waals surface area (Å²) in [5.41, 5.74) is 4.58. The Hall–Kier alpha value is -1.69. The molecule has 3 aromatic rings. The first kappa shape index (κ1) is 14.3. The monoisotopic (exact) mass is 316 g/mol. The Morgan fingerprint density at radius 1 is 1.24 bits per heavy atom. The molecule has 21 heavy (non-hydrogen) atoms. The van der Waals surface area contributed by atoms with Gasteiger partial charge in [0.15, 0.2) is 0 Å². The Morgan fingerprint density at radius 3 is 2.90 bits per heavy atom. The van der Waals surface area contributed by atoms with Crippen LogP contribution >= 0.6 is 23.3 Å². The molecule has 0 aliphatic carbocycles. The van der Waals surface area contributed by atoms with Crippen LogP contribution in [-0.2, 0) is 6.54 Å². The van der Waals surface area contributed by atoms with Gasteiger partial charge in [-0.1, -0.05) is 18.2 Å². The van der Waals surface area contributed by atoms with E-state index in [-0.39, 0.29) is 0 Å². The van der Waals surface area contributed by atoms with Crippen molar-refractivity contribution in [3.05, 3.63) is 59.9 Å². The molecule has 3 nitrogen and oxygen atoms in total.